The number of sulfonamides is 1. The van der Waals surface area contributed by atoms with Crippen LogP contribution in [0.2, 0.25) is 0 Å². The Labute approximate surface area is 149 Å². The third-order valence-corrected chi connectivity index (χ3v) is 6.45. The third kappa shape index (κ3) is 4.07. The van der Waals surface area contributed by atoms with Gasteiger partial charge in [-0.05, 0) is 25.0 Å². The molecule has 8 heteroatoms. The molecule has 0 N–H and O–H groups in total. The van der Waals surface area contributed by atoms with Crippen molar-refractivity contribution in [1.29, 1.82) is 0 Å². The summed E-state index contributed by atoms with van der Waals surface area (Å²) in [6, 6.07) is 3.17. The van der Waals surface area contributed by atoms with Crippen molar-refractivity contribution in [1.82, 2.24) is 9.21 Å². The molecule has 0 spiro atoms. The molecule has 0 atom stereocenters. The van der Waals surface area contributed by atoms with Crippen molar-refractivity contribution in [2.45, 2.75) is 31.6 Å². The Morgan fingerprint density at radius 3 is 2.32 bits per heavy atom. The van der Waals surface area contributed by atoms with Crippen molar-refractivity contribution in [2.24, 2.45) is 0 Å². The van der Waals surface area contributed by atoms with Gasteiger partial charge in [0, 0.05) is 38.7 Å². The average Bonchev–Trinajstić information content (AvgIpc) is 2.87. The zero-order valence-electron chi connectivity index (χ0n) is 15.2. The van der Waals surface area contributed by atoms with Gasteiger partial charge in [-0.15, -0.1) is 0 Å². The predicted molar refractivity (Wildman–Crippen MR) is 94.5 cm³/mol. The van der Waals surface area contributed by atoms with Crippen LogP contribution in [0.1, 0.15) is 25.3 Å². The number of nitrogens with zero attached hydrogens (tertiary/aromatic N) is 2. The summed E-state index contributed by atoms with van der Waals surface area (Å²) < 4.78 is 38.1. The molecule has 1 aromatic rings. The van der Waals surface area contributed by atoms with E-state index in [4.69, 9.17) is 9.47 Å². The second-order valence-corrected chi connectivity index (χ2v) is 7.87. The maximum Gasteiger partial charge on any atom is 0.243 e. The van der Waals surface area contributed by atoms with E-state index in [0.29, 0.717) is 56.1 Å². The minimum atomic E-state index is -3.67. The topological polar surface area (TPSA) is 76.2 Å². The van der Waals surface area contributed by atoms with Crippen LogP contribution in [0.15, 0.2) is 17.0 Å². The van der Waals surface area contributed by atoms with Crippen molar-refractivity contribution < 1.29 is 22.7 Å². The Balaban J connectivity index is 2.31. The van der Waals surface area contributed by atoms with Gasteiger partial charge in [-0.1, -0.05) is 6.92 Å². The van der Waals surface area contributed by atoms with Crippen LogP contribution >= 0.6 is 0 Å². The van der Waals surface area contributed by atoms with Crippen LogP contribution in [0.4, 0.5) is 0 Å². The SMILES string of the molecule is CCC(=O)N1CCCN(S(=O)(=O)c2cc(OC)c(OC)cc2C)CC1. The van der Waals surface area contributed by atoms with Crippen molar-refractivity contribution in [3.8, 4) is 11.5 Å². The minimum absolute atomic E-state index is 0.0570. The Bertz CT molecular complexity index is 733. The smallest absolute Gasteiger partial charge is 0.243 e. The molecule has 0 aromatic heterocycles. The number of carbonyl (C=O) groups excluding carboxylic acids is 1. The molecule has 1 aliphatic heterocycles. The van der Waals surface area contributed by atoms with E-state index in [2.05, 4.69) is 0 Å². The standard InChI is InChI=1S/C17H26N2O5S/c1-5-17(20)18-7-6-8-19(10-9-18)25(21,22)16-12-15(24-4)14(23-3)11-13(16)2/h11-12H,5-10H2,1-4H3. The lowest BCUT2D eigenvalue weighted by Crippen LogP contribution is -2.37. The normalized spacial score (nSPS) is 16.4. The van der Waals surface area contributed by atoms with Crippen LogP contribution in [0.25, 0.3) is 0 Å². The fraction of sp³-hybridized carbons (Fsp3) is 0.588. The molecule has 0 saturated carbocycles. The van der Waals surface area contributed by atoms with Crippen molar-refractivity contribution >= 4 is 15.9 Å². The van der Waals surface area contributed by atoms with Gasteiger partial charge in [0.15, 0.2) is 11.5 Å². The van der Waals surface area contributed by atoms with E-state index in [1.54, 1.807) is 17.9 Å². The summed E-state index contributed by atoms with van der Waals surface area (Å²) in [7, 11) is -0.680. The van der Waals surface area contributed by atoms with Crippen molar-refractivity contribution in [3.63, 3.8) is 0 Å². The van der Waals surface area contributed by atoms with Crippen LogP contribution < -0.4 is 9.47 Å². The van der Waals surface area contributed by atoms with Gasteiger partial charge >= 0.3 is 0 Å². The molecule has 1 aliphatic rings. The summed E-state index contributed by atoms with van der Waals surface area (Å²) in [5.74, 6) is 0.931. The summed E-state index contributed by atoms with van der Waals surface area (Å²) in [6.07, 6.45) is 1.05. The molecule has 25 heavy (non-hydrogen) atoms. The Morgan fingerprint density at radius 2 is 1.72 bits per heavy atom. The molecular formula is C17H26N2O5S. The van der Waals surface area contributed by atoms with E-state index in [1.807, 2.05) is 6.92 Å². The maximum absolute atomic E-state index is 13.1. The van der Waals surface area contributed by atoms with Gasteiger partial charge in [0.05, 0.1) is 19.1 Å². The van der Waals surface area contributed by atoms with Gasteiger partial charge in [-0.25, -0.2) is 8.42 Å². The van der Waals surface area contributed by atoms with E-state index < -0.39 is 10.0 Å². The molecule has 0 unspecified atom stereocenters. The number of carbonyl (C=O) groups is 1. The lowest BCUT2D eigenvalue weighted by Gasteiger charge is -2.23. The monoisotopic (exact) mass is 370 g/mol. The zero-order chi connectivity index (χ0) is 18.6. The van der Waals surface area contributed by atoms with Crippen LogP contribution in [-0.2, 0) is 14.8 Å². The summed E-state index contributed by atoms with van der Waals surface area (Å²) in [5, 5.41) is 0. The number of hydrogen-bond donors (Lipinski definition) is 0. The fourth-order valence-electron chi connectivity index (χ4n) is 2.99. The lowest BCUT2D eigenvalue weighted by molar-refractivity contribution is -0.130. The number of hydrogen-bond acceptors (Lipinski definition) is 5. The summed E-state index contributed by atoms with van der Waals surface area (Å²) >= 11 is 0. The Hall–Kier alpha value is -1.80. The van der Waals surface area contributed by atoms with Gasteiger partial charge in [0.2, 0.25) is 15.9 Å². The first kappa shape index (κ1) is 19.5. The van der Waals surface area contributed by atoms with Crippen molar-refractivity contribution in [2.75, 3.05) is 40.4 Å². The quantitative estimate of drug-likeness (QED) is 0.788. The van der Waals surface area contributed by atoms with Gasteiger partial charge in [0.25, 0.3) is 0 Å². The molecule has 0 aliphatic carbocycles. The van der Waals surface area contributed by atoms with Gasteiger partial charge in [0.1, 0.15) is 0 Å². The largest absolute Gasteiger partial charge is 0.493 e. The Morgan fingerprint density at radius 1 is 1.08 bits per heavy atom. The third-order valence-electron chi connectivity index (χ3n) is 4.41. The van der Waals surface area contributed by atoms with Gasteiger partial charge in [-0.2, -0.15) is 4.31 Å². The summed E-state index contributed by atoms with van der Waals surface area (Å²) in [5.41, 5.74) is 0.600. The van der Waals surface area contributed by atoms with Crippen molar-refractivity contribution in [3.05, 3.63) is 17.7 Å². The lowest BCUT2D eigenvalue weighted by atomic mass is 10.2. The zero-order valence-corrected chi connectivity index (χ0v) is 16.1. The molecule has 0 radical (unpaired) electrons. The Kier molecular flexibility index (Phi) is 6.29. The highest BCUT2D eigenvalue weighted by molar-refractivity contribution is 7.89. The van der Waals surface area contributed by atoms with Crippen LogP contribution in [0.5, 0.6) is 11.5 Å². The first-order chi connectivity index (χ1) is 11.8. The molecule has 1 saturated heterocycles. The maximum atomic E-state index is 13.1. The molecule has 140 valence electrons. The average molecular weight is 370 g/mol. The second-order valence-electron chi connectivity index (χ2n) is 5.96. The molecule has 1 aromatic carbocycles. The van der Waals surface area contributed by atoms with Crippen LogP contribution in [0, 0.1) is 6.92 Å². The summed E-state index contributed by atoms with van der Waals surface area (Å²) in [6.45, 7) is 5.24. The highest BCUT2D eigenvalue weighted by atomic mass is 32.2. The molecule has 0 bridgehead atoms. The highest BCUT2D eigenvalue weighted by Gasteiger charge is 2.30. The number of amides is 1. The van der Waals surface area contributed by atoms with E-state index in [-0.39, 0.29) is 10.8 Å². The minimum Gasteiger partial charge on any atom is -0.493 e. The second kappa shape index (κ2) is 8.05. The number of methoxy groups -OCH3 is 2. The van der Waals surface area contributed by atoms with E-state index in [9.17, 15) is 13.2 Å². The fourth-order valence-corrected chi connectivity index (χ4v) is 4.68. The predicted octanol–water partition coefficient (Wildman–Crippen LogP) is 1.65. The van der Waals surface area contributed by atoms with E-state index >= 15 is 0 Å². The molecular weight excluding hydrogens is 344 g/mol. The number of rotatable bonds is 5. The molecule has 1 fully saturated rings. The molecule has 1 amide bonds. The van der Waals surface area contributed by atoms with E-state index in [0.717, 1.165) is 0 Å². The number of benzene rings is 1. The highest BCUT2D eigenvalue weighted by Crippen LogP contribution is 2.33. The first-order valence-electron chi connectivity index (χ1n) is 8.35. The van der Waals surface area contributed by atoms with Crippen LogP contribution in [-0.4, -0.2) is 63.9 Å². The van der Waals surface area contributed by atoms with Crippen LogP contribution in [0.3, 0.4) is 0 Å². The first-order valence-corrected chi connectivity index (χ1v) is 9.79. The van der Waals surface area contributed by atoms with Gasteiger partial charge < -0.3 is 14.4 Å². The van der Waals surface area contributed by atoms with Gasteiger partial charge in [-0.3, -0.25) is 4.79 Å². The number of aryl methyl sites for hydroxylation is 1. The number of ether oxygens (including phenoxy) is 2. The molecule has 7 nitrogen and oxygen atoms in total. The summed E-state index contributed by atoms with van der Waals surface area (Å²) in [4.78, 5) is 13.8. The molecule has 2 rings (SSSR count). The molecule has 1 heterocycles. The van der Waals surface area contributed by atoms with E-state index in [1.165, 1.54) is 24.6 Å².